The Morgan fingerprint density at radius 2 is 1.54 bits per heavy atom. The van der Waals surface area contributed by atoms with Crippen LogP contribution >= 0.6 is 19.8 Å². The number of aliphatic hydroxyl groups is 1. The summed E-state index contributed by atoms with van der Waals surface area (Å²) >= 11 is -0.968. The van der Waals surface area contributed by atoms with Gasteiger partial charge < -0.3 is 0 Å². The molecule has 0 radical (unpaired) electrons. The van der Waals surface area contributed by atoms with E-state index in [1.54, 1.807) is 18.4 Å². The molecule has 2 aliphatic carbocycles. The minimum absolute atomic E-state index is 0.127. The zero-order valence-corrected chi connectivity index (χ0v) is 28.0. The molecule has 2 heterocycles. The first-order valence-electron chi connectivity index (χ1n) is 15.8. The molecule has 7 unspecified atom stereocenters. The summed E-state index contributed by atoms with van der Waals surface area (Å²) in [6.07, 6.45) is 18.5. The van der Waals surface area contributed by atoms with Crippen molar-refractivity contribution < 1.29 is 5.11 Å². The molecule has 3 fully saturated rings. The maximum absolute atomic E-state index is 10.2. The van der Waals surface area contributed by atoms with Gasteiger partial charge in [0.2, 0.25) is 0 Å². The van der Waals surface area contributed by atoms with Gasteiger partial charge in [-0.1, -0.05) is 41.5 Å². The van der Waals surface area contributed by atoms with Crippen LogP contribution in [0.15, 0.2) is 11.6 Å². The van der Waals surface area contributed by atoms with Gasteiger partial charge in [-0.2, -0.15) is 0 Å². The zero-order valence-electron chi connectivity index (χ0n) is 25.9. The second kappa shape index (κ2) is 15.7. The fraction of sp³-hybridized carbons (Fsp3) is 0.939. The second-order valence-corrected chi connectivity index (χ2v) is 18.3. The number of aliphatic hydroxyl groups excluding tert-OH is 1. The number of hydrogen-bond donors (Lipinski definition) is 1. The summed E-state index contributed by atoms with van der Waals surface area (Å²) in [5.74, 6) is 2.42. The quantitative estimate of drug-likeness (QED) is 0.138. The predicted molar refractivity (Wildman–Crippen MR) is 169 cm³/mol. The van der Waals surface area contributed by atoms with Gasteiger partial charge in [0.1, 0.15) is 0 Å². The van der Waals surface area contributed by atoms with Crippen molar-refractivity contribution >= 4 is 19.8 Å². The number of rotatable bonds is 6. The van der Waals surface area contributed by atoms with Crippen molar-refractivity contribution in [1.82, 2.24) is 0 Å². The molecule has 4 aliphatic rings. The van der Waals surface area contributed by atoms with E-state index in [0.717, 1.165) is 19.7 Å². The molecule has 0 aromatic rings. The Balaban J connectivity index is 0.000000949. The van der Waals surface area contributed by atoms with E-state index in [1.165, 1.54) is 62.2 Å². The molecule has 7 atom stereocenters. The predicted octanol–water partition coefficient (Wildman–Crippen LogP) is 10.9. The van der Waals surface area contributed by atoms with Crippen LogP contribution in [0.5, 0.6) is 0 Å². The summed E-state index contributed by atoms with van der Waals surface area (Å²) in [4.78, 5) is 0. The van der Waals surface area contributed by atoms with Gasteiger partial charge in [0, 0.05) is 0 Å². The van der Waals surface area contributed by atoms with Gasteiger partial charge >= 0.3 is 189 Å². The van der Waals surface area contributed by atoms with Gasteiger partial charge in [-0.15, -0.1) is 0 Å². The summed E-state index contributed by atoms with van der Waals surface area (Å²) in [6.45, 7) is 24.1. The molecule has 35 heavy (non-hydrogen) atoms. The first-order valence-corrected chi connectivity index (χ1v) is 19.8. The Hall–Kier alpha value is 0.430. The Morgan fingerprint density at radius 3 is 2.14 bits per heavy atom. The molecule has 4 rings (SSSR count). The van der Waals surface area contributed by atoms with E-state index in [-0.39, 0.29) is 6.10 Å². The van der Waals surface area contributed by atoms with Crippen molar-refractivity contribution in [2.75, 3.05) is 4.43 Å². The molecule has 1 saturated heterocycles. The van der Waals surface area contributed by atoms with Crippen LogP contribution in [-0.4, -0.2) is 23.5 Å². The van der Waals surface area contributed by atoms with E-state index < -0.39 is 19.8 Å². The van der Waals surface area contributed by atoms with Crippen LogP contribution < -0.4 is 0 Å². The Morgan fingerprint density at radius 1 is 0.886 bits per heavy atom. The first kappa shape index (κ1) is 33.5. The summed E-state index contributed by atoms with van der Waals surface area (Å²) in [5, 5.41) is 10.2. The average molecular weight is 605 g/mol. The topological polar surface area (TPSA) is 20.2 Å². The number of halogens is 1. The zero-order chi connectivity index (χ0) is 26.8. The number of hydrogen-bond acceptors (Lipinski definition) is 1. The summed E-state index contributed by atoms with van der Waals surface area (Å²) in [5.41, 5.74) is 2.96. The van der Waals surface area contributed by atoms with Crippen LogP contribution in [0.4, 0.5) is 0 Å². The molecule has 0 aromatic heterocycles. The molecule has 0 bridgehead atoms. The van der Waals surface area contributed by atoms with Crippen LogP contribution in [0, 0.1) is 28.6 Å². The molecule has 2 saturated carbocycles. The van der Waals surface area contributed by atoms with Gasteiger partial charge in [0.25, 0.3) is 0 Å². The number of unbranched alkanes of at least 4 members (excludes halogenated alkanes) is 1. The SMILES string of the molecule is CC.CC.CC.CC(C)CCCCC1CCC2I3CC=C4CC(C(C)O)CCC4(C)C3CCC12C. The second-order valence-electron chi connectivity index (χ2n) is 11.9. The van der Waals surface area contributed by atoms with E-state index >= 15 is 0 Å². The van der Waals surface area contributed by atoms with Gasteiger partial charge in [-0.25, -0.2) is 0 Å². The summed E-state index contributed by atoms with van der Waals surface area (Å²) < 4.78 is 3.69. The molecular formula is C33H65IO. The van der Waals surface area contributed by atoms with Crippen molar-refractivity contribution in [3.05, 3.63) is 11.6 Å². The standard InChI is InChI=1S/C27H47IO.3C2H6/c1-19(2)8-6-7-9-22-10-11-24-26(22,4)16-13-25-27(5)15-12-21(20(3)29)18-23(27)14-17-28(24)25;3*1-2/h14,19-22,24-25,29H,6-13,15-18H2,1-5H3;3*1-2H3. The Bertz CT molecular complexity index is 610. The average Bonchev–Trinajstić information content (AvgIpc) is 3.21. The van der Waals surface area contributed by atoms with Gasteiger partial charge in [0.05, 0.1) is 0 Å². The van der Waals surface area contributed by atoms with E-state index in [1.807, 2.05) is 48.5 Å². The van der Waals surface area contributed by atoms with E-state index in [9.17, 15) is 5.11 Å². The molecule has 210 valence electrons. The third-order valence-electron chi connectivity index (χ3n) is 9.74. The van der Waals surface area contributed by atoms with Gasteiger partial charge in [0.15, 0.2) is 0 Å². The van der Waals surface area contributed by atoms with Crippen molar-refractivity contribution in [2.45, 2.75) is 161 Å². The third-order valence-corrected chi connectivity index (χ3v) is 19.1. The van der Waals surface area contributed by atoms with Gasteiger partial charge in [-0.05, 0) is 0 Å². The van der Waals surface area contributed by atoms with E-state index in [0.29, 0.717) is 16.7 Å². The summed E-state index contributed by atoms with van der Waals surface area (Å²) in [6, 6.07) is 0. The number of alkyl halides is 3. The Kier molecular flexibility index (Phi) is 15.1. The molecule has 0 amide bonds. The van der Waals surface area contributed by atoms with Gasteiger partial charge in [-0.3, -0.25) is 0 Å². The number of allylic oxidation sites excluding steroid dienone is 2. The number of fused-ring (bicyclic) bond motifs is 5. The third kappa shape index (κ3) is 7.51. The molecular weight excluding hydrogens is 539 g/mol. The normalized spacial score (nSPS) is 37.1. The fourth-order valence-corrected chi connectivity index (χ4v) is 18.3. The molecule has 1 nitrogen and oxygen atoms in total. The van der Waals surface area contributed by atoms with Crippen LogP contribution in [0.2, 0.25) is 0 Å². The molecule has 1 N–H and O–H groups in total. The van der Waals surface area contributed by atoms with Crippen molar-refractivity contribution in [2.24, 2.45) is 28.6 Å². The molecule has 2 aliphatic heterocycles. The van der Waals surface area contributed by atoms with E-state index in [4.69, 9.17) is 0 Å². The maximum atomic E-state index is 10.2. The monoisotopic (exact) mass is 604 g/mol. The van der Waals surface area contributed by atoms with Crippen molar-refractivity contribution in [3.63, 3.8) is 0 Å². The Labute approximate surface area is 229 Å². The molecule has 0 aromatic carbocycles. The van der Waals surface area contributed by atoms with Crippen molar-refractivity contribution in [1.29, 1.82) is 0 Å². The fourth-order valence-electron chi connectivity index (χ4n) is 7.64. The van der Waals surface area contributed by atoms with Crippen LogP contribution in [-0.2, 0) is 0 Å². The van der Waals surface area contributed by atoms with Crippen LogP contribution in [0.1, 0.15) is 147 Å². The van der Waals surface area contributed by atoms with Crippen LogP contribution in [0.25, 0.3) is 0 Å². The van der Waals surface area contributed by atoms with E-state index in [2.05, 4.69) is 33.8 Å². The first-order chi connectivity index (χ1) is 16.8. The minimum atomic E-state index is -0.968. The van der Waals surface area contributed by atoms with Crippen molar-refractivity contribution in [3.8, 4) is 0 Å². The molecule has 2 heteroatoms. The summed E-state index contributed by atoms with van der Waals surface area (Å²) in [7, 11) is 0. The molecule has 0 spiro atoms. The van der Waals surface area contributed by atoms with Crippen LogP contribution in [0.3, 0.4) is 0 Å².